The van der Waals surface area contributed by atoms with Gasteiger partial charge >= 0.3 is 0 Å². The molecule has 8 heteroatoms. The Morgan fingerprint density at radius 1 is 0.800 bits per heavy atom. The van der Waals surface area contributed by atoms with Crippen molar-refractivity contribution < 1.29 is 33.5 Å². The van der Waals surface area contributed by atoms with Crippen LogP contribution in [0.15, 0.2) is 66.7 Å². The van der Waals surface area contributed by atoms with Crippen LogP contribution in [0.4, 0.5) is 0 Å². The number of fused-ring (bicyclic) bond motifs is 1. The number of benzene rings is 3. The number of ether oxygens (including phenoxy) is 6. The molecule has 2 unspecified atom stereocenters. The van der Waals surface area contributed by atoms with E-state index in [0.29, 0.717) is 29.4 Å². The molecule has 3 aromatic carbocycles. The van der Waals surface area contributed by atoms with Crippen LogP contribution in [0.25, 0.3) is 0 Å². The lowest BCUT2D eigenvalue weighted by atomic mass is 9.71. The zero-order valence-electron chi connectivity index (χ0n) is 23.3. The van der Waals surface area contributed by atoms with E-state index in [1.54, 1.807) is 20.3 Å². The molecule has 2 aliphatic rings. The average molecular weight is 550 g/mol. The molecule has 0 spiro atoms. The summed E-state index contributed by atoms with van der Waals surface area (Å²) in [6.07, 6.45) is 3.86. The summed E-state index contributed by atoms with van der Waals surface area (Å²) in [7, 11) is 3.16. The van der Waals surface area contributed by atoms with Crippen molar-refractivity contribution >= 4 is 0 Å². The molecule has 1 fully saturated rings. The van der Waals surface area contributed by atoms with Crippen LogP contribution >= 0.6 is 0 Å². The van der Waals surface area contributed by atoms with Crippen LogP contribution in [0.3, 0.4) is 0 Å². The number of hydrogen-bond donors (Lipinski definition) is 1. The Hall–Kier alpha value is -3.30. The number of methoxy groups -OCH3 is 2. The quantitative estimate of drug-likeness (QED) is 0.319. The van der Waals surface area contributed by atoms with Crippen LogP contribution in [0, 0.1) is 0 Å². The van der Waals surface area contributed by atoms with E-state index in [0.717, 1.165) is 36.5 Å². The molecule has 1 saturated heterocycles. The van der Waals surface area contributed by atoms with Crippen molar-refractivity contribution in [2.24, 2.45) is 0 Å². The van der Waals surface area contributed by atoms with Gasteiger partial charge in [-0.15, -0.1) is 0 Å². The van der Waals surface area contributed by atoms with Crippen molar-refractivity contribution in [3.05, 3.63) is 83.4 Å². The fraction of sp³-hybridized carbons (Fsp3) is 0.438. The van der Waals surface area contributed by atoms with E-state index in [1.165, 1.54) is 19.3 Å². The monoisotopic (exact) mass is 549 g/mol. The Morgan fingerprint density at radius 3 is 2.12 bits per heavy atom. The van der Waals surface area contributed by atoms with E-state index >= 15 is 0 Å². The summed E-state index contributed by atoms with van der Waals surface area (Å²) in [6.45, 7) is 4.45. The number of aliphatic hydroxyl groups is 1. The number of hydrogen-bond acceptors (Lipinski definition) is 8. The molecule has 0 saturated carbocycles. The van der Waals surface area contributed by atoms with Crippen molar-refractivity contribution in [3.63, 3.8) is 0 Å². The summed E-state index contributed by atoms with van der Waals surface area (Å²) in [4.78, 5) is 2.46. The SMILES string of the molecule is COCOc1ccc(C2COc3cc(OCOC)ccc3C2(O)c2ccc(OCCN3CCCCC3)cc2)cc1. The van der Waals surface area contributed by atoms with Gasteiger partial charge < -0.3 is 33.5 Å². The van der Waals surface area contributed by atoms with Crippen LogP contribution in [0.1, 0.15) is 41.9 Å². The lowest BCUT2D eigenvalue weighted by Gasteiger charge is -2.42. The minimum Gasteiger partial charge on any atom is -0.492 e. The second-order valence-electron chi connectivity index (χ2n) is 10.2. The zero-order chi connectivity index (χ0) is 27.8. The van der Waals surface area contributed by atoms with Gasteiger partial charge in [-0.3, -0.25) is 4.90 Å². The summed E-state index contributed by atoms with van der Waals surface area (Å²) in [5, 5.41) is 12.6. The summed E-state index contributed by atoms with van der Waals surface area (Å²) < 4.78 is 33.5. The molecular formula is C32H39NO7. The Bertz CT molecular complexity index is 1210. The first-order valence-electron chi connectivity index (χ1n) is 13.9. The van der Waals surface area contributed by atoms with Crippen LogP contribution in [-0.2, 0) is 15.1 Å². The fourth-order valence-corrected chi connectivity index (χ4v) is 5.53. The first-order chi connectivity index (χ1) is 19.6. The molecule has 3 aromatic rings. The van der Waals surface area contributed by atoms with E-state index in [2.05, 4.69) is 4.90 Å². The molecular weight excluding hydrogens is 510 g/mol. The number of likely N-dealkylation sites (tertiary alicyclic amines) is 1. The van der Waals surface area contributed by atoms with Gasteiger partial charge in [0.1, 0.15) is 35.2 Å². The van der Waals surface area contributed by atoms with E-state index in [9.17, 15) is 5.11 Å². The van der Waals surface area contributed by atoms with E-state index in [4.69, 9.17) is 28.4 Å². The van der Waals surface area contributed by atoms with Crippen molar-refractivity contribution in [1.82, 2.24) is 4.90 Å². The highest BCUT2D eigenvalue weighted by Crippen LogP contribution is 2.50. The first-order valence-corrected chi connectivity index (χ1v) is 13.9. The highest BCUT2D eigenvalue weighted by Gasteiger charge is 2.46. The molecule has 2 atom stereocenters. The van der Waals surface area contributed by atoms with Gasteiger partial charge in [-0.25, -0.2) is 0 Å². The van der Waals surface area contributed by atoms with Crippen LogP contribution in [-0.4, -0.2) is 70.7 Å². The second kappa shape index (κ2) is 13.4. The van der Waals surface area contributed by atoms with Gasteiger partial charge in [-0.05, 0) is 73.5 Å². The maximum Gasteiger partial charge on any atom is 0.188 e. The van der Waals surface area contributed by atoms with Gasteiger partial charge in [-0.2, -0.15) is 0 Å². The Labute approximate surface area is 236 Å². The van der Waals surface area contributed by atoms with Crippen LogP contribution in [0.2, 0.25) is 0 Å². The number of nitrogens with zero attached hydrogens (tertiary/aromatic N) is 1. The van der Waals surface area contributed by atoms with Gasteiger partial charge in [0.05, 0.1) is 12.5 Å². The predicted molar refractivity (Wildman–Crippen MR) is 151 cm³/mol. The Morgan fingerprint density at radius 2 is 1.43 bits per heavy atom. The summed E-state index contributed by atoms with van der Waals surface area (Å²) in [5.74, 6) is 2.30. The molecule has 0 radical (unpaired) electrons. The molecule has 8 nitrogen and oxygen atoms in total. The molecule has 0 bridgehead atoms. The third-order valence-corrected chi connectivity index (χ3v) is 7.66. The zero-order valence-corrected chi connectivity index (χ0v) is 23.3. The molecule has 0 aliphatic carbocycles. The topological polar surface area (TPSA) is 78.9 Å². The normalized spacial score (nSPS) is 20.8. The standard InChI is InChI=1S/C32H39NO7/c1-35-22-39-27-10-6-24(7-11-27)30-21-38-31-20-28(40-23-36-2)14-15-29(31)32(30,34)25-8-12-26(13-9-25)37-19-18-33-16-4-3-5-17-33/h6-15,20,30,34H,3-5,16-19,21-23H2,1-2H3. The molecule has 0 amide bonds. The third-order valence-electron chi connectivity index (χ3n) is 7.66. The second-order valence-corrected chi connectivity index (χ2v) is 10.2. The first kappa shape index (κ1) is 28.2. The lowest BCUT2D eigenvalue weighted by Crippen LogP contribution is -2.41. The smallest absolute Gasteiger partial charge is 0.188 e. The molecule has 5 rings (SSSR count). The Balaban J connectivity index is 1.41. The maximum atomic E-state index is 12.6. The van der Waals surface area contributed by atoms with Gasteiger partial charge in [0.2, 0.25) is 0 Å². The summed E-state index contributed by atoms with van der Waals surface area (Å²) in [6, 6.07) is 21.0. The summed E-state index contributed by atoms with van der Waals surface area (Å²) in [5.41, 5.74) is 1.01. The third kappa shape index (κ3) is 6.36. The minimum absolute atomic E-state index is 0.127. The van der Waals surface area contributed by atoms with Crippen LogP contribution < -0.4 is 18.9 Å². The Kier molecular flexibility index (Phi) is 9.44. The van der Waals surface area contributed by atoms with Crippen molar-refractivity contribution in [3.8, 4) is 23.0 Å². The van der Waals surface area contributed by atoms with Gasteiger partial charge in [0.25, 0.3) is 0 Å². The summed E-state index contributed by atoms with van der Waals surface area (Å²) >= 11 is 0. The number of piperidine rings is 1. The van der Waals surface area contributed by atoms with E-state index in [1.807, 2.05) is 60.7 Å². The largest absolute Gasteiger partial charge is 0.492 e. The molecule has 1 N–H and O–H groups in total. The van der Waals surface area contributed by atoms with E-state index < -0.39 is 5.60 Å². The average Bonchev–Trinajstić information content (AvgIpc) is 3.00. The molecule has 214 valence electrons. The highest BCUT2D eigenvalue weighted by molar-refractivity contribution is 5.53. The molecule has 0 aromatic heterocycles. The van der Waals surface area contributed by atoms with Gasteiger partial charge in [-0.1, -0.05) is 30.7 Å². The van der Waals surface area contributed by atoms with Gasteiger partial charge in [0, 0.05) is 32.4 Å². The highest BCUT2D eigenvalue weighted by atomic mass is 16.7. The molecule has 2 heterocycles. The maximum absolute atomic E-state index is 12.6. The number of rotatable bonds is 12. The van der Waals surface area contributed by atoms with Crippen molar-refractivity contribution in [1.29, 1.82) is 0 Å². The van der Waals surface area contributed by atoms with Crippen LogP contribution in [0.5, 0.6) is 23.0 Å². The van der Waals surface area contributed by atoms with Gasteiger partial charge in [0.15, 0.2) is 13.6 Å². The minimum atomic E-state index is -1.35. The molecule has 40 heavy (non-hydrogen) atoms. The van der Waals surface area contributed by atoms with Crippen molar-refractivity contribution in [2.75, 3.05) is 60.7 Å². The molecule has 2 aliphatic heterocycles. The predicted octanol–water partition coefficient (Wildman–Crippen LogP) is 4.93. The fourth-order valence-electron chi connectivity index (χ4n) is 5.53. The van der Waals surface area contributed by atoms with Crippen molar-refractivity contribution in [2.45, 2.75) is 30.8 Å². The lowest BCUT2D eigenvalue weighted by molar-refractivity contribution is 0.00991. The van der Waals surface area contributed by atoms with E-state index in [-0.39, 0.29) is 26.1 Å².